The average Bonchev–Trinajstić information content (AvgIpc) is 2.74. The summed E-state index contributed by atoms with van der Waals surface area (Å²) >= 11 is 0. The van der Waals surface area contributed by atoms with E-state index in [1.807, 2.05) is 0 Å². The molecule has 0 atom stereocenters. The number of rotatable bonds is 7. The average molecular weight is 442 g/mol. The molecule has 0 bridgehead atoms. The van der Waals surface area contributed by atoms with Crippen molar-refractivity contribution in [1.29, 1.82) is 0 Å². The van der Waals surface area contributed by atoms with Crippen molar-refractivity contribution in [3.8, 4) is 11.5 Å². The normalized spacial score (nSPS) is 11.0. The molecule has 0 saturated heterocycles. The zero-order chi connectivity index (χ0) is 22.8. The van der Waals surface area contributed by atoms with Gasteiger partial charge in [0.15, 0.2) is 0 Å². The number of sulfone groups is 1. The van der Waals surface area contributed by atoms with Gasteiger partial charge in [0.1, 0.15) is 11.5 Å². The van der Waals surface area contributed by atoms with Gasteiger partial charge in [-0.05, 0) is 66.7 Å². The molecule has 0 aliphatic carbocycles. The lowest BCUT2D eigenvalue weighted by Gasteiger charge is -2.10. The minimum absolute atomic E-state index is 0.0441. The molecule has 158 valence electrons. The van der Waals surface area contributed by atoms with Gasteiger partial charge in [-0.15, -0.1) is 0 Å². The molecule has 3 rings (SSSR count). The van der Waals surface area contributed by atoms with Crippen LogP contribution >= 0.6 is 0 Å². The Hall–Kier alpha value is -4.18. The van der Waals surface area contributed by atoms with Gasteiger partial charge in [0.05, 0.1) is 26.5 Å². The van der Waals surface area contributed by atoms with E-state index in [9.17, 15) is 22.8 Å². The van der Waals surface area contributed by atoms with E-state index in [1.165, 1.54) is 54.6 Å². The van der Waals surface area contributed by atoms with Crippen LogP contribution < -0.4 is 4.74 Å². The molecule has 0 aliphatic rings. The van der Waals surface area contributed by atoms with Crippen LogP contribution in [0.2, 0.25) is 0 Å². The van der Waals surface area contributed by atoms with Gasteiger partial charge < -0.3 is 20.1 Å². The second-order valence-corrected chi connectivity index (χ2v) is 8.17. The summed E-state index contributed by atoms with van der Waals surface area (Å²) in [6.07, 6.45) is 0. The summed E-state index contributed by atoms with van der Waals surface area (Å²) in [6, 6.07) is 13.5. The molecular formula is C21H14O9S. The summed E-state index contributed by atoms with van der Waals surface area (Å²) in [5.41, 5.74) is -0.887. The molecular weight excluding hydrogens is 428 g/mol. The Morgan fingerprint density at radius 1 is 0.613 bits per heavy atom. The first-order chi connectivity index (χ1) is 14.6. The summed E-state index contributed by atoms with van der Waals surface area (Å²) in [7, 11) is -3.90. The highest BCUT2D eigenvalue weighted by Crippen LogP contribution is 2.27. The minimum atomic E-state index is -3.90. The van der Waals surface area contributed by atoms with E-state index in [1.54, 1.807) is 0 Å². The molecule has 0 spiro atoms. The SMILES string of the molecule is O=C(O)c1ccc(S(=O)(=O)c2ccc(Oc3ccc(C(=O)O)c(C(=O)O)c3)cc2)cc1. The van der Waals surface area contributed by atoms with Crippen molar-refractivity contribution in [3.05, 3.63) is 83.4 Å². The van der Waals surface area contributed by atoms with Crippen molar-refractivity contribution in [1.82, 2.24) is 0 Å². The third-order valence-corrected chi connectivity index (χ3v) is 6.02. The second-order valence-electron chi connectivity index (χ2n) is 6.22. The molecule has 3 aromatic rings. The van der Waals surface area contributed by atoms with Crippen LogP contribution in [0, 0.1) is 0 Å². The first-order valence-electron chi connectivity index (χ1n) is 8.56. The number of hydrogen-bond donors (Lipinski definition) is 3. The highest BCUT2D eigenvalue weighted by Gasteiger charge is 2.19. The van der Waals surface area contributed by atoms with Crippen LogP contribution in [0.3, 0.4) is 0 Å². The monoisotopic (exact) mass is 442 g/mol. The predicted octanol–water partition coefficient (Wildman–Crippen LogP) is 3.41. The maximum absolute atomic E-state index is 12.7. The van der Waals surface area contributed by atoms with Crippen LogP contribution in [0.1, 0.15) is 31.1 Å². The lowest BCUT2D eigenvalue weighted by molar-refractivity contribution is 0.0651. The van der Waals surface area contributed by atoms with E-state index in [0.717, 1.165) is 12.1 Å². The molecule has 3 aromatic carbocycles. The fourth-order valence-electron chi connectivity index (χ4n) is 2.69. The summed E-state index contributed by atoms with van der Waals surface area (Å²) in [5, 5.41) is 27.1. The fourth-order valence-corrected chi connectivity index (χ4v) is 3.95. The van der Waals surface area contributed by atoms with Crippen molar-refractivity contribution in [2.75, 3.05) is 0 Å². The molecule has 0 fully saturated rings. The Morgan fingerprint density at radius 3 is 1.58 bits per heavy atom. The number of hydrogen-bond acceptors (Lipinski definition) is 6. The largest absolute Gasteiger partial charge is 0.478 e. The smallest absolute Gasteiger partial charge is 0.336 e. The predicted molar refractivity (Wildman–Crippen MR) is 106 cm³/mol. The zero-order valence-corrected chi connectivity index (χ0v) is 16.4. The molecule has 0 aliphatic heterocycles. The van der Waals surface area contributed by atoms with Crippen molar-refractivity contribution < 1.29 is 42.9 Å². The number of ether oxygens (including phenoxy) is 1. The Morgan fingerprint density at radius 2 is 1.10 bits per heavy atom. The quantitative estimate of drug-likeness (QED) is 0.499. The first kappa shape index (κ1) is 21.5. The molecule has 0 saturated carbocycles. The Bertz CT molecular complexity index is 1280. The molecule has 0 amide bonds. The van der Waals surface area contributed by atoms with Crippen molar-refractivity contribution in [2.24, 2.45) is 0 Å². The number of benzene rings is 3. The van der Waals surface area contributed by atoms with Crippen LogP contribution in [0.25, 0.3) is 0 Å². The number of carboxylic acids is 3. The topological polar surface area (TPSA) is 155 Å². The maximum Gasteiger partial charge on any atom is 0.336 e. The highest BCUT2D eigenvalue weighted by atomic mass is 32.2. The molecule has 0 unspecified atom stereocenters. The summed E-state index contributed by atoms with van der Waals surface area (Å²) in [6.45, 7) is 0. The molecule has 3 N–H and O–H groups in total. The van der Waals surface area contributed by atoms with Gasteiger partial charge in [0.25, 0.3) is 0 Å². The van der Waals surface area contributed by atoms with Gasteiger partial charge in [-0.1, -0.05) is 0 Å². The molecule has 31 heavy (non-hydrogen) atoms. The molecule has 0 aromatic heterocycles. The van der Waals surface area contributed by atoms with Crippen molar-refractivity contribution in [3.63, 3.8) is 0 Å². The Kier molecular flexibility index (Phi) is 5.75. The van der Waals surface area contributed by atoms with E-state index in [2.05, 4.69) is 0 Å². The number of carboxylic acid groups (broad SMARTS) is 3. The van der Waals surface area contributed by atoms with Crippen LogP contribution in [0.15, 0.2) is 76.5 Å². The van der Waals surface area contributed by atoms with E-state index >= 15 is 0 Å². The molecule has 0 heterocycles. The maximum atomic E-state index is 12.7. The van der Waals surface area contributed by atoms with Gasteiger partial charge in [-0.3, -0.25) is 0 Å². The van der Waals surface area contributed by atoms with Gasteiger partial charge in [-0.2, -0.15) is 0 Å². The van der Waals surface area contributed by atoms with E-state index in [-0.39, 0.29) is 26.9 Å². The van der Waals surface area contributed by atoms with Crippen molar-refractivity contribution in [2.45, 2.75) is 9.79 Å². The number of carbonyl (C=O) groups is 3. The van der Waals surface area contributed by atoms with E-state index in [4.69, 9.17) is 20.1 Å². The van der Waals surface area contributed by atoms with Crippen LogP contribution in [-0.2, 0) is 9.84 Å². The van der Waals surface area contributed by atoms with Gasteiger partial charge >= 0.3 is 17.9 Å². The number of aromatic carboxylic acids is 3. The van der Waals surface area contributed by atoms with Crippen LogP contribution in [0.4, 0.5) is 0 Å². The summed E-state index contributed by atoms with van der Waals surface area (Å²) < 4.78 is 30.9. The second kappa shape index (κ2) is 8.28. The van der Waals surface area contributed by atoms with Crippen LogP contribution in [-0.4, -0.2) is 41.6 Å². The first-order valence-corrected chi connectivity index (χ1v) is 10.0. The summed E-state index contributed by atoms with van der Waals surface area (Å²) in [4.78, 5) is 33.1. The Balaban J connectivity index is 1.85. The third kappa shape index (κ3) is 4.54. The molecule has 0 radical (unpaired) electrons. The lowest BCUT2D eigenvalue weighted by Crippen LogP contribution is -2.08. The minimum Gasteiger partial charge on any atom is -0.478 e. The zero-order valence-electron chi connectivity index (χ0n) is 15.6. The van der Waals surface area contributed by atoms with Gasteiger partial charge in [0, 0.05) is 0 Å². The van der Waals surface area contributed by atoms with Gasteiger partial charge in [-0.25, -0.2) is 22.8 Å². The van der Waals surface area contributed by atoms with Gasteiger partial charge in [0.2, 0.25) is 9.84 Å². The molecule has 9 nitrogen and oxygen atoms in total. The third-order valence-electron chi connectivity index (χ3n) is 4.23. The van der Waals surface area contributed by atoms with E-state index < -0.39 is 38.9 Å². The van der Waals surface area contributed by atoms with Crippen LogP contribution in [0.5, 0.6) is 11.5 Å². The van der Waals surface area contributed by atoms with E-state index in [0.29, 0.717) is 0 Å². The summed E-state index contributed by atoms with van der Waals surface area (Å²) in [5.74, 6) is -3.75. The fraction of sp³-hybridized carbons (Fsp3) is 0. The highest BCUT2D eigenvalue weighted by molar-refractivity contribution is 7.91. The standard InChI is InChI=1S/C21H14O9S/c22-19(23)12-1-6-15(7-2-12)31(28,29)16-8-3-13(4-9-16)30-14-5-10-17(20(24)25)18(11-14)21(26)27/h1-11H,(H,22,23)(H,24,25)(H,26,27). The molecule has 10 heteroatoms. The van der Waals surface area contributed by atoms with Crippen molar-refractivity contribution >= 4 is 27.7 Å². The Labute approximate surface area is 175 Å². The lowest BCUT2D eigenvalue weighted by atomic mass is 10.1.